The molecule has 0 bridgehead atoms. The van der Waals surface area contributed by atoms with E-state index in [9.17, 15) is 8.42 Å². The van der Waals surface area contributed by atoms with E-state index < -0.39 is 10.0 Å². The van der Waals surface area contributed by atoms with Gasteiger partial charge in [0.1, 0.15) is 0 Å². The Hall–Kier alpha value is -1.35. The Morgan fingerprint density at radius 3 is 2.85 bits per heavy atom. The molecule has 0 spiro atoms. The van der Waals surface area contributed by atoms with Gasteiger partial charge >= 0.3 is 0 Å². The van der Waals surface area contributed by atoms with Gasteiger partial charge in [0.15, 0.2) is 0 Å². The van der Waals surface area contributed by atoms with Crippen LogP contribution >= 0.6 is 0 Å². The fourth-order valence-corrected chi connectivity index (χ4v) is 3.09. The van der Waals surface area contributed by atoms with E-state index in [1.807, 2.05) is 0 Å². The van der Waals surface area contributed by atoms with Crippen molar-refractivity contribution < 1.29 is 13.5 Å². The third-order valence-electron chi connectivity index (χ3n) is 3.43. The highest BCUT2D eigenvalue weighted by Gasteiger charge is 2.33. The highest BCUT2D eigenvalue weighted by atomic mass is 32.2. The second-order valence-electron chi connectivity index (χ2n) is 5.13. The van der Waals surface area contributed by atoms with E-state index in [4.69, 9.17) is 5.11 Å². The maximum Gasteiger partial charge on any atom is 0.240 e. The maximum absolute atomic E-state index is 12.2. The third-order valence-corrected chi connectivity index (χ3v) is 4.85. The number of aliphatic hydroxyl groups excluding tert-OH is 1. The van der Waals surface area contributed by atoms with Crippen molar-refractivity contribution in [3.8, 4) is 11.8 Å². The fraction of sp³-hybridized carbons (Fsp3) is 0.467. The van der Waals surface area contributed by atoms with Gasteiger partial charge in [-0.25, -0.2) is 13.1 Å². The monoisotopic (exact) mass is 293 g/mol. The molecule has 1 aromatic carbocycles. The van der Waals surface area contributed by atoms with Gasteiger partial charge in [0.05, 0.1) is 11.5 Å². The Labute approximate surface area is 120 Å². The quantitative estimate of drug-likeness (QED) is 0.806. The zero-order valence-corrected chi connectivity index (χ0v) is 12.3. The van der Waals surface area contributed by atoms with Crippen LogP contribution in [0.1, 0.15) is 25.3 Å². The van der Waals surface area contributed by atoms with Crippen LogP contribution in [0.5, 0.6) is 0 Å². The Balaban J connectivity index is 2.07. The lowest BCUT2D eigenvalue weighted by atomic mass is 10.2. The number of benzene rings is 1. The van der Waals surface area contributed by atoms with E-state index in [0.717, 1.165) is 6.42 Å². The lowest BCUT2D eigenvalue weighted by Gasteiger charge is -2.06. The molecule has 0 aromatic heterocycles. The van der Waals surface area contributed by atoms with Gasteiger partial charge in [0.2, 0.25) is 10.0 Å². The summed E-state index contributed by atoms with van der Waals surface area (Å²) in [5.74, 6) is 6.71. The minimum Gasteiger partial charge on any atom is -0.395 e. The van der Waals surface area contributed by atoms with Crippen LogP contribution in [0.25, 0.3) is 0 Å². The summed E-state index contributed by atoms with van der Waals surface area (Å²) in [6.45, 7) is 2.63. The molecule has 20 heavy (non-hydrogen) atoms. The van der Waals surface area contributed by atoms with Crippen molar-refractivity contribution in [3.05, 3.63) is 29.8 Å². The number of sulfonamides is 1. The second-order valence-corrected chi connectivity index (χ2v) is 6.90. The molecule has 1 fully saturated rings. The van der Waals surface area contributed by atoms with Crippen molar-refractivity contribution in [3.63, 3.8) is 0 Å². The summed E-state index contributed by atoms with van der Waals surface area (Å²) in [5, 5.41) is 8.67. The molecule has 0 saturated heterocycles. The first-order valence-corrected chi connectivity index (χ1v) is 8.20. The molecule has 1 aromatic rings. The van der Waals surface area contributed by atoms with Crippen LogP contribution < -0.4 is 4.72 Å². The van der Waals surface area contributed by atoms with Gasteiger partial charge in [0.25, 0.3) is 0 Å². The molecule has 2 N–H and O–H groups in total. The zero-order chi connectivity index (χ0) is 14.6. The topological polar surface area (TPSA) is 66.4 Å². The maximum atomic E-state index is 12.2. The molecule has 2 rings (SSSR count). The molecule has 108 valence electrons. The summed E-state index contributed by atoms with van der Waals surface area (Å²) in [6.07, 6.45) is 1.48. The van der Waals surface area contributed by atoms with Crippen LogP contribution in [0.3, 0.4) is 0 Å². The Kier molecular flexibility index (Phi) is 4.81. The van der Waals surface area contributed by atoms with E-state index in [1.54, 1.807) is 24.3 Å². The predicted octanol–water partition coefficient (Wildman–Crippen LogP) is 1.35. The largest absolute Gasteiger partial charge is 0.395 e. The van der Waals surface area contributed by atoms with E-state index in [0.29, 0.717) is 30.4 Å². The Bertz CT molecular complexity index is 628. The number of nitrogens with one attached hydrogen (secondary N) is 1. The summed E-state index contributed by atoms with van der Waals surface area (Å²) < 4.78 is 27.0. The van der Waals surface area contributed by atoms with Crippen LogP contribution in [0, 0.1) is 23.7 Å². The molecule has 0 heterocycles. The summed E-state index contributed by atoms with van der Waals surface area (Å²) in [4.78, 5) is 0.238. The molecule has 5 heteroatoms. The minimum absolute atomic E-state index is 0.00607. The summed E-state index contributed by atoms with van der Waals surface area (Å²) in [6, 6.07) is 6.56. The van der Waals surface area contributed by atoms with E-state index in [1.165, 1.54) is 0 Å². The number of aliphatic hydroxyl groups is 1. The standard InChI is InChI=1S/C15H19NO3S/c1-12-9-14(12)11-16-20(18,19)15-7-4-6-13(10-15)5-2-3-8-17/h4,6-7,10,12,14,16-17H,3,8-9,11H2,1H3. The van der Waals surface area contributed by atoms with Gasteiger partial charge in [-0.1, -0.05) is 24.8 Å². The van der Waals surface area contributed by atoms with Gasteiger partial charge in [-0.3, -0.25) is 0 Å². The van der Waals surface area contributed by atoms with Gasteiger partial charge < -0.3 is 5.11 Å². The van der Waals surface area contributed by atoms with Crippen molar-refractivity contribution in [1.82, 2.24) is 4.72 Å². The van der Waals surface area contributed by atoms with E-state index >= 15 is 0 Å². The molecule has 1 aliphatic rings. The molecule has 0 amide bonds. The summed E-state index contributed by atoms with van der Waals surface area (Å²) in [5.41, 5.74) is 0.640. The molecule has 2 atom stereocenters. The van der Waals surface area contributed by atoms with Gasteiger partial charge in [0, 0.05) is 18.5 Å². The average Bonchev–Trinajstić information content (AvgIpc) is 3.13. The first-order valence-electron chi connectivity index (χ1n) is 6.72. The predicted molar refractivity (Wildman–Crippen MR) is 77.5 cm³/mol. The van der Waals surface area contributed by atoms with Crippen molar-refractivity contribution in [2.75, 3.05) is 13.2 Å². The van der Waals surface area contributed by atoms with Crippen molar-refractivity contribution >= 4 is 10.0 Å². The highest BCUT2D eigenvalue weighted by molar-refractivity contribution is 7.89. The first-order chi connectivity index (χ1) is 9.53. The third kappa shape index (κ3) is 4.07. The molecule has 1 saturated carbocycles. The fourth-order valence-electron chi connectivity index (χ4n) is 1.95. The summed E-state index contributed by atoms with van der Waals surface area (Å²) >= 11 is 0. The average molecular weight is 293 g/mol. The molecule has 4 nitrogen and oxygen atoms in total. The van der Waals surface area contributed by atoms with Crippen molar-refractivity contribution in [2.24, 2.45) is 11.8 Å². The summed E-state index contributed by atoms with van der Waals surface area (Å²) in [7, 11) is -3.46. The van der Waals surface area contributed by atoms with E-state index in [2.05, 4.69) is 23.5 Å². The van der Waals surface area contributed by atoms with Crippen LogP contribution in [-0.2, 0) is 10.0 Å². The normalized spacial score (nSPS) is 21.1. The van der Waals surface area contributed by atoms with Crippen LogP contribution in [0.4, 0.5) is 0 Å². The lowest BCUT2D eigenvalue weighted by molar-refractivity contribution is 0.305. The van der Waals surface area contributed by atoms with Crippen LogP contribution in [0.15, 0.2) is 29.2 Å². The Morgan fingerprint density at radius 1 is 1.45 bits per heavy atom. The van der Waals surface area contributed by atoms with E-state index in [-0.39, 0.29) is 11.5 Å². The van der Waals surface area contributed by atoms with Crippen LogP contribution in [0.2, 0.25) is 0 Å². The number of rotatable bonds is 5. The zero-order valence-electron chi connectivity index (χ0n) is 11.5. The smallest absolute Gasteiger partial charge is 0.240 e. The minimum atomic E-state index is -3.46. The van der Waals surface area contributed by atoms with Gasteiger partial charge in [-0.2, -0.15) is 0 Å². The van der Waals surface area contributed by atoms with Crippen LogP contribution in [-0.4, -0.2) is 26.7 Å². The molecule has 0 radical (unpaired) electrons. The number of hydrogen-bond acceptors (Lipinski definition) is 3. The van der Waals surface area contributed by atoms with Crippen molar-refractivity contribution in [2.45, 2.75) is 24.7 Å². The molecule has 1 aliphatic carbocycles. The first kappa shape index (κ1) is 15.0. The van der Waals surface area contributed by atoms with Crippen molar-refractivity contribution in [1.29, 1.82) is 0 Å². The SMILES string of the molecule is CC1CC1CNS(=O)(=O)c1cccc(C#CCCO)c1. The van der Waals surface area contributed by atoms with Gasteiger partial charge in [-0.15, -0.1) is 0 Å². The van der Waals surface area contributed by atoms with Gasteiger partial charge in [-0.05, 0) is 36.5 Å². The number of hydrogen-bond donors (Lipinski definition) is 2. The lowest BCUT2D eigenvalue weighted by Crippen LogP contribution is -2.26. The molecule has 0 aliphatic heterocycles. The second kappa shape index (κ2) is 6.40. The molecular weight excluding hydrogens is 274 g/mol. The Morgan fingerprint density at radius 2 is 2.20 bits per heavy atom. The molecular formula is C15H19NO3S. The highest BCUT2D eigenvalue weighted by Crippen LogP contribution is 2.37. The molecule has 2 unspecified atom stereocenters.